The van der Waals surface area contributed by atoms with E-state index in [-0.39, 0.29) is 6.03 Å². The Kier molecular flexibility index (Phi) is 6.73. The second-order valence-corrected chi connectivity index (χ2v) is 9.06. The molecule has 0 saturated carbocycles. The Balaban J connectivity index is 1.29. The first-order valence-electron chi connectivity index (χ1n) is 9.86. The number of amides is 2. The lowest BCUT2D eigenvalue weighted by Gasteiger charge is -2.41. The topological polar surface area (TPSA) is 30.0 Å². The number of carbonyl (C=O) groups is 1. The fourth-order valence-corrected chi connectivity index (χ4v) is 4.46. The summed E-state index contributed by atoms with van der Waals surface area (Å²) in [7, 11) is 0. The third kappa shape index (κ3) is 4.70. The van der Waals surface area contributed by atoms with Crippen LogP contribution in [0.2, 0.25) is 20.1 Å². The van der Waals surface area contributed by atoms with Crippen LogP contribution < -0.4 is 9.80 Å². The summed E-state index contributed by atoms with van der Waals surface area (Å²) in [5.41, 5.74) is 2.07. The summed E-state index contributed by atoms with van der Waals surface area (Å²) in [4.78, 5) is 21.3. The highest BCUT2D eigenvalue weighted by molar-refractivity contribution is 6.42. The second-order valence-electron chi connectivity index (χ2n) is 7.43. The maximum absolute atomic E-state index is 13.0. The van der Waals surface area contributed by atoms with Crippen LogP contribution in [0.3, 0.4) is 0 Å². The van der Waals surface area contributed by atoms with Gasteiger partial charge in [-0.2, -0.15) is 0 Å². The molecule has 2 aliphatic heterocycles. The van der Waals surface area contributed by atoms with E-state index >= 15 is 0 Å². The SMILES string of the molecule is O=C(N1CCN(c2ccc(Cl)c(Cl)c2)CC1)N1CCN(c2ccc(Cl)c(Cl)c2)CC1. The van der Waals surface area contributed by atoms with Gasteiger partial charge in [-0.05, 0) is 36.4 Å². The lowest BCUT2D eigenvalue weighted by atomic mass is 10.2. The molecule has 0 spiro atoms. The minimum Gasteiger partial charge on any atom is -0.368 e. The van der Waals surface area contributed by atoms with Crippen LogP contribution in [-0.4, -0.2) is 68.2 Å². The molecule has 30 heavy (non-hydrogen) atoms. The van der Waals surface area contributed by atoms with Crippen molar-refractivity contribution in [2.45, 2.75) is 0 Å². The molecular weight excluding hydrogens is 466 g/mol. The van der Waals surface area contributed by atoms with E-state index in [1.807, 2.05) is 46.2 Å². The number of hydrogen-bond acceptors (Lipinski definition) is 3. The summed E-state index contributed by atoms with van der Waals surface area (Å²) in [5.74, 6) is 0. The highest BCUT2D eigenvalue weighted by Crippen LogP contribution is 2.29. The standard InChI is InChI=1S/C21H22Cl4N4O/c22-17-3-1-15(13-19(17)24)26-5-9-28(10-6-26)21(30)29-11-7-27(8-12-29)16-2-4-18(23)20(25)14-16/h1-4,13-14H,5-12H2. The molecule has 2 heterocycles. The predicted molar refractivity (Wildman–Crippen MR) is 126 cm³/mol. The molecule has 0 atom stereocenters. The Morgan fingerprint density at radius 3 is 1.27 bits per heavy atom. The zero-order chi connectivity index (χ0) is 21.3. The molecule has 0 aromatic heterocycles. The van der Waals surface area contributed by atoms with Gasteiger partial charge in [0.05, 0.1) is 20.1 Å². The maximum atomic E-state index is 13.0. The van der Waals surface area contributed by atoms with Gasteiger partial charge in [0.2, 0.25) is 0 Å². The maximum Gasteiger partial charge on any atom is 0.320 e. The van der Waals surface area contributed by atoms with Gasteiger partial charge in [0.25, 0.3) is 0 Å². The van der Waals surface area contributed by atoms with Crippen LogP contribution in [0.25, 0.3) is 0 Å². The third-order valence-corrected chi connectivity index (χ3v) is 7.12. The van der Waals surface area contributed by atoms with E-state index in [2.05, 4.69) is 9.80 Å². The highest BCUT2D eigenvalue weighted by Gasteiger charge is 2.28. The first-order valence-corrected chi connectivity index (χ1v) is 11.4. The van der Waals surface area contributed by atoms with Crippen molar-refractivity contribution in [3.63, 3.8) is 0 Å². The van der Waals surface area contributed by atoms with Crippen molar-refractivity contribution in [2.75, 3.05) is 62.2 Å². The van der Waals surface area contributed by atoms with Crippen molar-refractivity contribution in [3.05, 3.63) is 56.5 Å². The van der Waals surface area contributed by atoms with Crippen LogP contribution in [0.15, 0.2) is 36.4 Å². The number of benzene rings is 2. The van der Waals surface area contributed by atoms with Crippen LogP contribution >= 0.6 is 46.4 Å². The fraction of sp³-hybridized carbons (Fsp3) is 0.381. The first-order chi connectivity index (χ1) is 14.4. The van der Waals surface area contributed by atoms with Crippen molar-refractivity contribution in [2.24, 2.45) is 0 Å². The molecule has 0 radical (unpaired) electrons. The number of nitrogens with zero attached hydrogens (tertiary/aromatic N) is 4. The summed E-state index contributed by atoms with van der Waals surface area (Å²) < 4.78 is 0. The molecular formula is C21H22Cl4N4O. The minimum atomic E-state index is 0.109. The van der Waals surface area contributed by atoms with Gasteiger partial charge in [-0.25, -0.2) is 4.79 Å². The van der Waals surface area contributed by atoms with E-state index in [0.29, 0.717) is 46.3 Å². The van der Waals surface area contributed by atoms with Gasteiger partial charge in [0.1, 0.15) is 0 Å². The quantitative estimate of drug-likeness (QED) is 0.570. The Morgan fingerprint density at radius 1 is 0.567 bits per heavy atom. The van der Waals surface area contributed by atoms with Gasteiger partial charge in [0.15, 0.2) is 0 Å². The molecule has 0 bridgehead atoms. The summed E-state index contributed by atoms with van der Waals surface area (Å²) in [6, 6.07) is 11.4. The number of rotatable bonds is 2. The summed E-state index contributed by atoms with van der Waals surface area (Å²) in [5, 5.41) is 2.20. The predicted octanol–water partition coefficient (Wildman–Crippen LogP) is 5.36. The van der Waals surface area contributed by atoms with Gasteiger partial charge < -0.3 is 19.6 Å². The molecule has 0 aliphatic carbocycles. The summed E-state index contributed by atoms with van der Waals surface area (Å²) in [6.45, 7) is 5.83. The van der Waals surface area contributed by atoms with Gasteiger partial charge in [-0.15, -0.1) is 0 Å². The largest absolute Gasteiger partial charge is 0.368 e. The summed E-state index contributed by atoms with van der Waals surface area (Å²) in [6.07, 6.45) is 0. The third-order valence-electron chi connectivity index (χ3n) is 5.64. The van der Waals surface area contributed by atoms with E-state index < -0.39 is 0 Å². The fourth-order valence-electron chi connectivity index (χ4n) is 3.88. The van der Waals surface area contributed by atoms with E-state index in [1.54, 1.807) is 0 Å². The molecule has 160 valence electrons. The number of carbonyl (C=O) groups excluding carboxylic acids is 1. The van der Waals surface area contributed by atoms with E-state index in [1.165, 1.54) is 0 Å². The number of hydrogen-bond donors (Lipinski definition) is 0. The molecule has 2 aliphatic rings. The average Bonchev–Trinajstić information content (AvgIpc) is 2.77. The van der Waals surface area contributed by atoms with Gasteiger partial charge >= 0.3 is 6.03 Å². The van der Waals surface area contributed by atoms with Crippen LogP contribution in [0.1, 0.15) is 0 Å². The summed E-state index contributed by atoms with van der Waals surface area (Å²) >= 11 is 24.3. The number of piperazine rings is 2. The van der Waals surface area contributed by atoms with Gasteiger partial charge in [-0.1, -0.05) is 46.4 Å². The number of urea groups is 1. The van der Waals surface area contributed by atoms with Crippen LogP contribution in [-0.2, 0) is 0 Å². The molecule has 4 rings (SSSR count). The second kappa shape index (κ2) is 9.31. The average molecular weight is 488 g/mol. The van der Waals surface area contributed by atoms with Crippen LogP contribution in [0.5, 0.6) is 0 Å². The molecule has 9 heteroatoms. The van der Waals surface area contributed by atoms with Crippen LogP contribution in [0, 0.1) is 0 Å². The smallest absolute Gasteiger partial charge is 0.320 e. The molecule has 0 N–H and O–H groups in total. The van der Waals surface area contributed by atoms with Crippen molar-refractivity contribution >= 4 is 63.8 Å². The highest BCUT2D eigenvalue weighted by atomic mass is 35.5. The zero-order valence-corrected chi connectivity index (χ0v) is 19.4. The number of anilines is 2. The lowest BCUT2D eigenvalue weighted by molar-refractivity contribution is 0.147. The molecule has 2 aromatic carbocycles. The van der Waals surface area contributed by atoms with E-state index in [9.17, 15) is 4.79 Å². The minimum absolute atomic E-state index is 0.109. The van der Waals surface area contributed by atoms with Crippen molar-refractivity contribution < 1.29 is 4.79 Å². The zero-order valence-electron chi connectivity index (χ0n) is 16.3. The Labute approximate surface area is 196 Å². The van der Waals surface area contributed by atoms with Crippen molar-refractivity contribution in [3.8, 4) is 0 Å². The Bertz CT molecular complexity index is 852. The van der Waals surface area contributed by atoms with Gasteiger partial charge in [0, 0.05) is 63.7 Å². The van der Waals surface area contributed by atoms with E-state index in [0.717, 1.165) is 37.6 Å². The molecule has 0 unspecified atom stereocenters. The van der Waals surface area contributed by atoms with Gasteiger partial charge in [-0.3, -0.25) is 0 Å². The van der Waals surface area contributed by atoms with Crippen molar-refractivity contribution in [1.29, 1.82) is 0 Å². The first kappa shape index (κ1) is 21.7. The van der Waals surface area contributed by atoms with Crippen LogP contribution in [0.4, 0.5) is 16.2 Å². The normalized spacial score (nSPS) is 17.5. The Hall–Kier alpha value is -1.53. The monoisotopic (exact) mass is 486 g/mol. The molecule has 2 aromatic rings. The molecule has 2 fully saturated rings. The molecule has 5 nitrogen and oxygen atoms in total. The van der Waals surface area contributed by atoms with Crippen molar-refractivity contribution in [1.82, 2.24) is 9.80 Å². The lowest BCUT2D eigenvalue weighted by Crippen LogP contribution is -2.57. The Morgan fingerprint density at radius 2 is 0.933 bits per heavy atom. The number of halogens is 4. The molecule has 2 saturated heterocycles. The van der Waals surface area contributed by atoms with E-state index in [4.69, 9.17) is 46.4 Å². The molecule has 2 amide bonds.